The molecule has 4 nitrogen and oxygen atoms in total. The van der Waals surface area contributed by atoms with Gasteiger partial charge in [-0.2, -0.15) is 0 Å². The molecule has 5 heteroatoms. The van der Waals surface area contributed by atoms with E-state index in [-0.39, 0.29) is 0 Å². The molecular formula is C13H19N3OS. The van der Waals surface area contributed by atoms with E-state index in [2.05, 4.69) is 29.2 Å². The van der Waals surface area contributed by atoms with Crippen LogP contribution in [0.25, 0.3) is 0 Å². The first-order valence-corrected chi connectivity index (χ1v) is 6.86. The normalized spacial score (nSPS) is 11.3. The number of hydrogen-bond donors (Lipinski definition) is 1. The van der Waals surface area contributed by atoms with Crippen LogP contribution in [0.15, 0.2) is 22.1 Å². The first-order valence-electron chi connectivity index (χ1n) is 5.98. The van der Waals surface area contributed by atoms with Gasteiger partial charge < -0.3 is 9.73 Å². The second-order valence-corrected chi connectivity index (χ2v) is 5.37. The first kappa shape index (κ1) is 13.3. The van der Waals surface area contributed by atoms with E-state index in [4.69, 9.17) is 4.42 Å². The van der Waals surface area contributed by atoms with E-state index >= 15 is 0 Å². The van der Waals surface area contributed by atoms with Crippen LogP contribution in [-0.4, -0.2) is 24.0 Å². The molecule has 0 bridgehead atoms. The highest BCUT2D eigenvalue weighted by atomic mass is 32.1. The number of nitrogens with one attached hydrogen (secondary N) is 1. The number of aromatic nitrogens is 1. The largest absolute Gasteiger partial charge is 0.463 e. The highest BCUT2D eigenvalue weighted by Crippen LogP contribution is 2.16. The van der Waals surface area contributed by atoms with Gasteiger partial charge in [0.15, 0.2) is 0 Å². The van der Waals surface area contributed by atoms with Gasteiger partial charge in [0, 0.05) is 11.4 Å². The minimum absolute atomic E-state index is 0.775. The summed E-state index contributed by atoms with van der Waals surface area (Å²) in [7, 11) is 4.01. The molecule has 0 fully saturated rings. The standard InChI is InChI=1S/C13H19N3OS/c1-10-13(18-9-15-10)8-16(3)7-12-5-4-11(17-12)6-14-2/h4-5,9,14H,6-8H2,1-3H3. The van der Waals surface area contributed by atoms with Gasteiger partial charge >= 0.3 is 0 Å². The lowest BCUT2D eigenvalue weighted by Gasteiger charge is -2.14. The van der Waals surface area contributed by atoms with Crippen LogP contribution in [0.1, 0.15) is 22.1 Å². The van der Waals surface area contributed by atoms with Gasteiger partial charge in [0.2, 0.25) is 0 Å². The molecule has 2 aromatic heterocycles. The molecule has 0 atom stereocenters. The molecule has 0 aliphatic rings. The molecule has 2 heterocycles. The van der Waals surface area contributed by atoms with Crippen molar-refractivity contribution in [3.05, 3.63) is 39.7 Å². The fourth-order valence-corrected chi connectivity index (χ4v) is 2.68. The summed E-state index contributed by atoms with van der Waals surface area (Å²) in [6.45, 7) is 4.56. The summed E-state index contributed by atoms with van der Waals surface area (Å²) in [5.41, 5.74) is 3.03. The fraction of sp³-hybridized carbons (Fsp3) is 0.462. The Labute approximate surface area is 112 Å². The Balaban J connectivity index is 1.90. The number of hydrogen-bond acceptors (Lipinski definition) is 5. The van der Waals surface area contributed by atoms with Crippen molar-refractivity contribution >= 4 is 11.3 Å². The molecule has 2 aromatic rings. The monoisotopic (exact) mass is 265 g/mol. The molecule has 0 unspecified atom stereocenters. The van der Waals surface area contributed by atoms with Gasteiger partial charge in [-0.25, -0.2) is 4.98 Å². The van der Waals surface area contributed by atoms with Gasteiger partial charge in [-0.05, 0) is 33.2 Å². The lowest BCUT2D eigenvalue weighted by atomic mass is 10.3. The summed E-state index contributed by atoms with van der Waals surface area (Å²) >= 11 is 1.71. The number of nitrogens with zero attached hydrogens (tertiary/aromatic N) is 2. The lowest BCUT2D eigenvalue weighted by molar-refractivity contribution is 0.284. The van der Waals surface area contributed by atoms with E-state index in [0.717, 1.165) is 36.8 Å². The van der Waals surface area contributed by atoms with Gasteiger partial charge in [0.1, 0.15) is 11.5 Å². The van der Waals surface area contributed by atoms with Crippen molar-refractivity contribution in [1.82, 2.24) is 15.2 Å². The van der Waals surface area contributed by atoms with Crippen molar-refractivity contribution in [3.8, 4) is 0 Å². The average Bonchev–Trinajstić information content (AvgIpc) is 2.90. The minimum Gasteiger partial charge on any atom is -0.463 e. The van der Waals surface area contributed by atoms with Crippen LogP contribution in [0.3, 0.4) is 0 Å². The third kappa shape index (κ3) is 3.41. The van der Waals surface area contributed by atoms with E-state index in [9.17, 15) is 0 Å². The third-order valence-electron chi connectivity index (χ3n) is 2.75. The zero-order valence-corrected chi connectivity index (χ0v) is 11.9. The Bertz CT molecular complexity index is 492. The SMILES string of the molecule is CNCc1ccc(CN(C)Cc2scnc2C)o1. The predicted molar refractivity (Wildman–Crippen MR) is 73.5 cm³/mol. The van der Waals surface area contributed by atoms with Gasteiger partial charge in [-0.3, -0.25) is 4.90 Å². The molecule has 0 radical (unpaired) electrons. The number of furan rings is 1. The zero-order valence-electron chi connectivity index (χ0n) is 11.1. The molecule has 0 saturated heterocycles. The second-order valence-electron chi connectivity index (χ2n) is 4.43. The van der Waals surface area contributed by atoms with Crippen LogP contribution in [0.2, 0.25) is 0 Å². The van der Waals surface area contributed by atoms with Gasteiger partial charge in [-0.1, -0.05) is 0 Å². The lowest BCUT2D eigenvalue weighted by Crippen LogP contribution is -2.16. The van der Waals surface area contributed by atoms with Gasteiger partial charge in [0.25, 0.3) is 0 Å². The molecule has 0 saturated carbocycles. The smallest absolute Gasteiger partial charge is 0.118 e. The van der Waals surface area contributed by atoms with E-state index in [1.807, 2.05) is 24.7 Å². The van der Waals surface area contributed by atoms with Crippen LogP contribution >= 0.6 is 11.3 Å². The molecule has 0 aliphatic heterocycles. The molecule has 18 heavy (non-hydrogen) atoms. The van der Waals surface area contributed by atoms with Crippen LogP contribution in [0.5, 0.6) is 0 Å². The molecular weight excluding hydrogens is 246 g/mol. The van der Waals surface area contributed by atoms with Crippen molar-refractivity contribution < 1.29 is 4.42 Å². The maximum Gasteiger partial charge on any atom is 0.118 e. The van der Waals surface area contributed by atoms with Crippen LogP contribution in [0, 0.1) is 6.92 Å². The quantitative estimate of drug-likeness (QED) is 0.871. The Morgan fingerprint density at radius 1 is 1.33 bits per heavy atom. The molecule has 0 spiro atoms. The topological polar surface area (TPSA) is 41.3 Å². The summed E-state index contributed by atoms with van der Waals surface area (Å²) in [6.07, 6.45) is 0. The highest BCUT2D eigenvalue weighted by molar-refractivity contribution is 7.09. The summed E-state index contributed by atoms with van der Waals surface area (Å²) in [5.74, 6) is 1.99. The number of rotatable bonds is 6. The van der Waals surface area contributed by atoms with E-state index < -0.39 is 0 Å². The van der Waals surface area contributed by atoms with Gasteiger partial charge in [0.05, 0.1) is 24.3 Å². The zero-order chi connectivity index (χ0) is 13.0. The van der Waals surface area contributed by atoms with Crippen molar-refractivity contribution in [3.63, 3.8) is 0 Å². The number of thiazole rings is 1. The fourth-order valence-electron chi connectivity index (χ4n) is 1.82. The molecule has 2 rings (SSSR count). The third-order valence-corrected chi connectivity index (χ3v) is 3.67. The van der Waals surface area contributed by atoms with Gasteiger partial charge in [-0.15, -0.1) is 11.3 Å². The highest BCUT2D eigenvalue weighted by Gasteiger charge is 2.08. The summed E-state index contributed by atoms with van der Waals surface area (Å²) < 4.78 is 5.73. The van der Waals surface area contributed by atoms with Crippen molar-refractivity contribution in [2.75, 3.05) is 14.1 Å². The summed E-state index contributed by atoms with van der Waals surface area (Å²) in [4.78, 5) is 7.82. The Hall–Kier alpha value is -1.17. The van der Waals surface area contributed by atoms with Crippen molar-refractivity contribution in [2.24, 2.45) is 0 Å². The molecule has 0 aliphatic carbocycles. The molecule has 0 aromatic carbocycles. The maximum absolute atomic E-state index is 5.73. The van der Waals surface area contributed by atoms with Crippen LogP contribution < -0.4 is 5.32 Å². The Kier molecular flexibility index (Phi) is 4.52. The van der Waals surface area contributed by atoms with E-state index in [0.29, 0.717) is 0 Å². The van der Waals surface area contributed by atoms with Crippen LogP contribution in [-0.2, 0) is 19.6 Å². The first-order chi connectivity index (χ1) is 8.69. The van der Waals surface area contributed by atoms with Crippen LogP contribution in [0.4, 0.5) is 0 Å². The molecule has 98 valence electrons. The Morgan fingerprint density at radius 3 is 2.78 bits per heavy atom. The average molecular weight is 265 g/mol. The van der Waals surface area contributed by atoms with E-state index in [1.165, 1.54) is 4.88 Å². The van der Waals surface area contributed by atoms with Crippen molar-refractivity contribution in [2.45, 2.75) is 26.6 Å². The van der Waals surface area contributed by atoms with Crippen molar-refractivity contribution in [1.29, 1.82) is 0 Å². The summed E-state index contributed by atoms with van der Waals surface area (Å²) in [6, 6.07) is 4.07. The minimum atomic E-state index is 0.775. The van der Waals surface area contributed by atoms with E-state index in [1.54, 1.807) is 11.3 Å². The molecule has 1 N–H and O–H groups in total. The predicted octanol–water partition coefficient (Wildman–Crippen LogP) is 2.40. The number of aryl methyl sites for hydroxylation is 1. The Morgan fingerprint density at radius 2 is 2.11 bits per heavy atom. The summed E-state index contributed by atoms with van der Waals surface area (Å²) in [5, 5.41) is 3.08. The molecule has 0 amide bonds. The maximum atomic E-state index is 5.73. The second kappa shape index (κ2) is 6.13.